The molecular weight excluding hydrogens is 304 g/mol. The summed E-state index contributed by atoms with van der Waals surface area (Å²) in [4.78, 5) is 16.2. The van der Waals surface area contributed by atoms with Crippen LogP contribution >= 0.6 is 12.4 Å². The number of carbonyl (C=O) groups is 1. The van der Waals surface area contributed by atoms with Crippen molar-refractivity contribution in [2.45, 2.75) is 69.9 Å². The van der Waals surface area contributed by atoms with E-state index in [1.165, 1.54) is 32.1 Å². The molecule has 1 aromatic rings. The van der Waals surface area contributed by atoms with Crippen molar-refractivity contribution in [1.29, 1.82) is 0 Å². The number of nitrogens with one attached hydrogen (secondary N) is 1. The van der Waals surface area contributed by atoms with Crippen molar-refractivity contribution in [2.24, 2.45) is 11.7 Å². The Morgan fingerprint density at radius 1 is 1.27 bits per heavy atom. The van der Waals surface area contributed by atoms with Crippen LogP contribution in [0.2, 0.25) is 0 Å². The lowest BCUT2D eigenvalue weighted by molar-refractivity contribution is -0.122. The van der Waals surface area contributed by atoms with Crippen molar-refractivity contribution in [3.8, 4) is 0 Å². The van der Waals surface area contributed by atoms with Gasteiger partial charge >= 0.3 is 0 Å². The van der Waals surface area contributed by atoms with Crippen molar-refractivity contribution in [2.75, 3.05) is 0 Å². The molecule has 1 heterocycles. The van der Waals surface area contributed by atoms with Crippen LogP contribution in [0.5, 0.6) is 0 Å². The lowest BCUT2D eigenvalue weighted by atomic mass is 9.77. The van der Waals surface area contributed by atoms with E-state index >= 15 is 0 Å². The maximum atomic E-state index is 11.9. The standard InChI is InChI=1S/C15H24N4O2.ClH/c16-15(7-4-8-15)14-18-13(21-19-14)10-17-12(20)9-11-5-2-1-3-6-11;/h11H,1-10,16H2,(H,17,20);1H. The van der Waals surface area contributed by atoms with E-state index in [1.807, 2.05) is 0 Å². The topological polar surface area (TPSA) is 94.0 Å². The molecule has 2 saturated carbocycles. The normalized spacial score (nSPS) is 20.8. The molecule has 0 radical (unpaired) electrons. The van der Waals surface area contributed by atoms with E-state index < -0.39 is 5.54 Å². The highest BCUT2D eigenvalue weighted by Crippen LogP contribution is 2.36. The van der Waals surface area contributed by atoms with Crippen LogP contribution in [0, 0.1) is 5.92 Å². The second kappa shape index (κ2) is 7.42. The van der Waals surface area contributed by atoms with Crippen molar-refractivity contribution in [1.82, 2.24) is 15.5 Å². The quantitative estimate of drug-likeness (QED) is 0.865. The first-order chi connectivity index (χ1) is 10.2. The van der Waals surface area contributed by atoms with Gasteiger partial charge in [0.05, 0.1) is 12.1 Å². The van der Waals surface area contributed by atoms with E-state index in [9.17, 15) is 4.79 Å². The van der Waals surface area contributed by atoms with Crippen LogP contribution in [-0.4, -0.2) is 16.0 Å². The van der Waals surface area contributed by atoms with E-state index in [0.717, 1.165) is 19.3 Å². The maximum Gasteiger partial charge on any atom is 0.246 e. The molecule has 2 fully saturated rings. The number of carbonyl (C=O) groups excluding carboxylic acids is 1. The van der Waals surface area contributed by atoms with Gasteiger partial charge in [-0.15, -0.1) is 12.4 Å². The van der Waals surface area contributed by atoms with Crippen molar-refractivity contribution in [3.63, 3.8) is 0 Å². The van der Waals surface area contributed by atoms with Gasteiger partial charge in [0.15, 0.2) is 5.82 Å². The Hall–Kier alpha value is -1.14. The summed E-state index contributed by atoms with van der Waals surface area (Å²) in [6.45, 7) is 0.300. The third-order valence-corrected chi connectivity index (χ3v) is 4.79. The number of aromatic nitrogens is 2. The van der Waals surface area contributed by atoms with Crippen molar-refractivity contribution >= 4 is 18.3 Å². The van der Waals surface area contributed by atoms with Gasteiger partial charge in [-0.05, 0) is 38.0 Å². The number of nitrogens with zero attached hydrogens (tertiary/aromatic N) is 2. The molecule has 0 aliphatic heterocycles. The number of hydrogen-bond acceptors (Lipinski definition) is 5. The minimum atomic E-state index is -0.409. The Bertz CT molecular complexity index is 495. The minimum absolute atomic E-state index is 0. The molecule has 124 valence electrons. The molecule has 2 aliphatic rings. The van der Waals surface area contributed by atoms with Gasteiger partial charge in [0, 0.05) is 6.42 Å². The Kier molecular flexibility index (Phi) is 5.81. The summed E-state index contributed by atoms with van der Waals surface area (Å²) in [5.41, 5.74) is 5.74. The molecule has 0 spiro atoms. The van der Waals surface area contributed by atoms with E-state index in [2.05, 4.69) is 15.5 Å². The fraction of sp³-hybridized carbons (Fsp3) is 0.800. The van der Waals surface area contributed by atoms with Crippen molar-refractivity contribution in [3.05, 3.63) is 11.7 Å². The fourth-order valence-corrected chi connectivity index (χ4v) is 3.21. The molecule has 22 heavy (non-hydrogen) atoms. The SMILES string of the molecule is Cl.NC1(c2noc(CNC(=O)CC3CCCCC3)n2)CCC1. The van der Waals surface area contributed by atoms with Gasteiger partial charge in [0.1, 0.15) is 0 Å². The first-order valence-corrected chi connectivity index (χ1v) is 8.04. The number of halogens is 1. The van der Waals surface area contributed by atoms with E-state index in [0.29, 0.717) is 30.6 Å². The molecule has 0 saturated heterocycles. The van der Waals surface area contributed by atoms with Gasteiger partial charge in [-0.25, -0.2) is 0 Å². The van der Waals surface area contributed by atoms with Crippen molar-refractivity contribution < 1.29 is 9.32 Å². The van der Waals surface area contributed by atoms with Gasteiger partial charge in [-0.3, -0.25) is 4.79 Å². The molecule has 1 amide bonds. The molecule has 3 rings (SSSR count). The summed E-state index contributed by atoms with van der Waals surface area (Å²) >= 11 is 0. The van der Waals surface area contributed by atoms with Gasteiger partial charge in [0.25, 0.3) is 0 Å². The molecule has 7 heteroatoms. The van der Waals surface area contributed by atoms with Crippen LogP contribution < -0.4 is 11.1 Å². The summed E-state index contributed by atoms with van der Waals surface area (Å²) < 4.78 is 5.17. The number of rotatable bonds is 5. The Labute approximate surface area is 137 Å². The van der Waals surface area contributed by atoms with Crippen LogP contribution in [0.1, 0.15) is 69.5 Å². The predicted molar refractivity (Wildman–Crippen MR) is 84.3 cm³/mol. The first kappa shape index (κ1) is 17.2. The maximum absolute atomic E-state index is 11.9. The van der Waals surface area contributed by atoms with Crippen LogP contribution in [0.3, 0.4) is 0 Å². The molecule has 1 aromatic heterocycles. The summed E-state index contributed by atoms with van der Waals surface area (Å²) in [6.07, 6.45) is 9.69. The Morgan fingerprint density at radius 2 is 2.00 bits per heavy atom. The van der Waals surface area contributed by atoms with Crippen LogP contribution in [0.4, 0.5) is 0 Å². The molecular formula is C15H25ClN4O2. The van der Waals surface area contributed by atoms with Gasteiger partial charge in [0.2, 0.25) is 11.8 Å². The largest absolute Gasteiger partial charge is 0.347 e. The molecule has 0 atom stereocenters. The van der Waals surface area contributed by atoms with E-state index in [4.69, 9.17) is 10.3 Å². The molecule has 6 nitrogen and oxygen atoms in total. The molecule has 0 unspecified atom stereocenters. The summed E-state index contributed by atoms with van der Waals surface area (Å²) in [5.74, 6) is 1.64. The third-order valence-electron chi connectivity index (χ3n) is 4.79. The molecule has 2 aliphatic carbocycles. The fourth-order valence-electron chi connectivity index (χ4n) is 3.21. The zero-order valence-electron chi connectivity index (χ0n) is 12.8. The lowest BCUT2D eigenvalue weighted by Crippen LogP contribution is -2.44. The first-order valence-electron chi connectivity index (χ1n) is 8.04. The molecule has 0 aromatic carbocycles. The monoisotopic (exact) mass is 328 g/mol. The average Bonchev–Trinajstić information content (AvgIpc) is 2.93. The highest BCUT2D eigenvalue weighted by molar-refractivity contribution is 5.85. The summed E-state index contributed by atoms with van der Waals surface area (Å²) in [7, 11) is 0. The van der Waals surface area contributed by atoms with Gasteiger partial charge in [-0.1, -0.05) is 24.4 Å². The summed E-state index contributed by atoms with van der Waals surface area (Å²) in [5, 5.41) is 6.81. The average molecular weight is 329 g/mol. The minimum Gasteiger partial charge on any atom is -0.347 e. The Morgan fingerprint density at radius 3 is 2.64 bits per heavy atom. The number of hydrogen-bond donors (Lipinski definition) is 2. The Balaban J connectivity index is 0.00000176. The van der Waals surface area contributed by atoms with E-state index in [-0.39, 0.29) is 18.3 Å². The highest BCUT2D eigenvalue weighted by Gasteiger charge is 2.38. The number of amides is 1. The molecule has 0 bridgehead atoms. The zero-order chi connectivity index (χ0) is 14.7. The summed E-state index contributed by atoms with van der Waals surface area (Å²) in [6, 6.07) is 0. The second-order valence-corrected chi connectivity index (χ2v) is 6.51. The number of nitrogens with two attached hydrogens (primary N) is 1. The van der Waals surface area contributed by atoms with Crippen LogP contribution in [0.15, 0.2) is 4.52 Å². The van der Waals surface area contributed by atoms with Crippen LogP contribution in [-0.2, 0) is 16.9 Å². The third kappa shape index (κ3) is 3.98. The van der Waals surface area contributed by atoms with Gasteiger partial charge < -0.3 is 15.6 Å². The van der Waals surface area contributed by atoms with E-state index in [1.54, 1.807) is 0 Å². The van der Waals surface area contributed by atoms with Gasteiger partial charge in [-0.2, -0.15) is 4.98 Å². The highest BCUT2D eigenvalue weighted by atomic mass is 35.5. The predicted octanol–water partition coefficient (Wildman–Crippen LogP) is 2.42. The zero-order valence-corrected chi connectivity index (χ0v) is 13.7. The lowest BCUT2D eigenvalue weighted by Gasteiger charge is -2.34. The second-order valence-electron chi connectivity index (χ2n) is 6.51. The molecule has 3 N–H and O–H groups in total. The van der Waals surface area contributed by atoms with Crippen LogP contribution in [0.25, 0.3) is 0 Å². The smallest absolute Gasteiger partial charge is 0.246 e.